The molecule has 0 aromatic carbocycles. The van der Waals surface area contributed by atoms with E-state index in [-0.39, 0.29) is 0 Å². The lowest BCUT2D eigenvalue weighted by atomic mass is 9.85. The van der Waals surface area contributed by atoms with Gasteiger partial charge in [-0.3, -0.25) is 0 Å². The van der Waals surface area contributed by atoms with Crippen LogP contribution in [0.1, 0.15) is 30.7 Å². The zero-order valence-corrected chi connectivity index (χ0v) is 8.67. The Morgan fingerprint density at radius 2 is 2.29 bits per heavy atom. The normalized spacial score (nSPS) is 35.1. The van der Waals surface area contributed by atoms with Crippen molar-refractivity contribution >= 4 is 11.6 Å². The number of nitrogens with zero attached hydrogens (tertiary/aromatic N) is 1. The molecule has 3 heteroatoms. The van der Waals surface area contributed by atoms with Gasteiger partial charge in [0, 0.05) is 24.2 Å². The summed E-state index contributed by atoms with van der Waals surface area (Å²) in [5, 5.41) is 4.22. The summed E-state index contributed by atoms with van der Waals surface area (Å²) in [6.45, 7) is 0. The van der Waals surface area contributed by atoms with Crippen LogP contribution < -0.4 is 5.32 Å². The maximum absolute atomic E-state index is 5.77. The van der Waals surface area contributed by atoms with Crippen LogP contribution in [0.15, 0.2) is 18.3 Å². The minimum atomic E-state index is 0.588. The summed E-state index contributed by atoms with van der Waals surface area (Å²) in [6.07, 6.45) is 5.86. The number of hydrogen-bond acceptors (Lipinski definition) is 2. The van der Waals surface area contributed by atoms with Gasteiger partial charge in [-0.25, -0.2) is 4.98 Å². The Morgan fingerprint density at radius 1 is 1.36 bits per heavy atom. The minimum Gasteiger partial charge on any atom is -0.311 e. The molecule has 1 N–H and O–H groups in total. The van der Waals surface area contributed by atoms with Crippen molar-refractivity contribution in [2.45, 2.75) is 37.3 Å². The van der Waals surface area contributed by atoms with E-state index in [0.717, 1.165) is 6.04 Å². The fourth-order valence-corrected chi connectivity index (χ4v) is 2.91. The molecular weight excluding hydrogens is 196 g/mol. The molecule has 2 bridgehead atoms. The van der Waals surface area contributed by atoms with Gasteiger partial charge in [0.05, 0.1) is 0 Å². The van der Waals surface area contributed by atoms with Gasteiger partial charge >= 0.3 is 0 Å². The van der Waals surface area contributed by atoms with Crippen LogP contribution in [-0.4, -0.2) is 17.1 Å². The predicted octanol–water partition coefficient (Wildman–Crippen LogP) is 2.34. The van der Waals surface area contributed by atoms with E-state index in [1.165, 1.54) is 24.8 Å². The second-order valence-corrected chi connectivity index (χ2v) is 4.69. The zero-order valence-electron chi connectivity index (χ0n) is 7.91. The quantitative estimate of drug-likeness (QED) is 0.717. The Bertz CT molecular complexity index is 336. The molecule has 2 saturated heterocycles. The average molecular weight is 209 g/mol. The smallest absolute Gasteiger partial charge is 0.129 e. The molecular formula is C11H13ClN2. The molecule has 0 aliphatic carbocycles. The largest absolute Gasteiger partial charge is 0.311 e. The molecule has 14 heavy (non-hydrogen) atoms. The molecule has 3 atom stereocenters. The molecule has 2 fully saturated rings. The topological polar surface area (TPSA) is 24.9 Å². The van der Waals surface area contributed by atoms with Crippen molar-refractivity contribution in [1.82, 2.24) is 10.3 Å². The standard InChI is InChI=1S/C11H13ClN2/c12-11-4-1-7(6-13-11)9-5-8-2-3-10(9)14-8/h1,4,6,8-10,14H,2-3,5H2/t8-,9-,10+/m0/s1. The summed E-state index contributed by atoms with van der Waals surface area (Å²) in [5.41, 5.74) is 1.34. The third-order valence-corrected chi connectivity index (χ3v) is 3.70. The van der Waals surface area contributed by atoms with Gasteiger partial charge in [-0.2, -0.15) is 0 Å². The van der Waals surface area contributed by atoms with Crippen molar-refractivity contribution in [2.24, 2.45) is 0 Å². The number of fused-ring (bicyclic) bond motifs is 2. The van der Waals surface area contributed by atoms with Crippen molar-refractivity contribution in [3.63, 3.8) is 0 Å². The summed E-state index contributed by atoms with van der Waals surface area (Å²) in [5.74, 6) is 0.665. The molecule has 0 radical (unpaired) electrons. The van der Waals surface area contributed by atoms with Crippen molar-refractivity contribution < 1.29 is 0 Å². The Kier molecular flexibility index (Phi) is 1.99. The van der Waals surface area contributed by atoms with Crippen LogP contribution in [0.3, 0.4) is 0 Å². The van der Waals surface area contributed by atoms with Gasteiger partial charge in [-0.05, 0) is 30.9 Å². The van der Waals surface area contributed by atoms with Gasteiger partial charge in [0.1, 0.15) is 5.15 Å². The van der Waals surface area contributed by atoms with Crippen LogP contribution in [0.25, 0.3) is 0 Å². The van der Waals surface area contributed by atoms with E-state index in [9.17, 15) is 0 Å². The minimum absolute atomic E-state index is 0.588. The Balaban J connectivity index is 1.86. The summed E-state index contributed by atoms with van der Waals surface area (Å²) in [4.78, 5) is 4.14. The Morgan fingerprint density at radius 3 is 2.86 bits per heavy atom. The fourth-order valence-electron chi connectivity index (χ4n) is 2.80. The summed E-state index contributed by atoms with van der Waals surface area (Å²) < 4.78 is 0. The maximum atomic E-state index is 5.77. The first-order valence-electron chi connectivity index (χ1n) is 5.20. The molecule has 74 valence electrons. The van der Waals surface area contributed by atoms with E-state index >= 15 is 0 Å². The Hall–Kier alpha value is -0.600. The van der Waals surface area contributed by atoms with E-state index < -0.39 is 0 Å². The molecule has 0 amide bonds. The van der Waals surface area contributed by atoms with Crippen LogP contribution in [-0.2, 0) is 0 Å². The molecule has 2 aliphatic heterocycles. The van der Waals surface area contributed by atoms with Crippen LogP contribution in [0.4, 0.5) is 0 Å². The lowest BCUT2D eigenvalue weighted by molar-refractivity contribution is 0.505. The predicted molar refractivity (Wildman–Crippen MR) is 56.6 cm³/mol. The van der Waals surface area contributed by atoms with Gasteiger partial charge in [0.2, 0.25) is 0 Å². The second kappa shape index (κ2) is 3.21. The van der Waals surface area contributed by atoms with Crippen LogP contribution >= 0.6 is 11.6 Å². The highest BCUT2D eigenvalue weighted by atomic mass is 35.5. The lowest BCUT2D eigenvalue weighted by Crippen LogP contribution is -2.21. The SMILES string of the molecule is Clc1ccc([C@@H]2C[C@@H]3CC[C@H]2N3)cn1. The molecule has 2 nitrogen and oxygen atoms in total. The van der Waals surface area contributed by atoms with Gasteiger partial charge in [0.15, 0.2) is 0 Å². The number of rotatable bonds is 1. The van der Waals surface area contributed by atoms with Crippen LogP contribution in [0.5, 0.6) is 0 Å². The van der Waals surface area contributed by atoms with Gasteiger partial charge in [-0.1, -0.05) is 17.7 Å². The van der Waals surface area contributed by atoms with Crippen molar-refractivity contribution in [2.75, 3.05) is 0 Å². The lowest BCUT2D eigenvalue weighted by Gasteiger charge is -2.19. The highest BCUT2D eigenvalue weighted by Gasteiger charge is 2.39. The zero-order chi connectivity index (χ0) is 9.54. The van der Waals surface area contributed by atoms with E-state index in [0.29, 0.717) is 17.1 Å². The third-order valence-electron chi connectivity index (χ3n) is 3.48. The highest BCUT2D eigenvalue weighted by Crippen LogP contribution is 2.39. The van der Waals surface area contributed by atoms with E-state index in [4.69, 9.17) is 11.6 Å². The molecule has 0 spiro atoms. The molecule has 0 saturated carbocycles. The fraction of sp³-hybridized carbons (Fsp3) is 0.545. The van der Waals surface area contributed by atoms with E-state index in [1.807, 2.05) is 12.3 Å². The van der Waals surface area contributed by atoms with Crippen molar-refractivity contribution in [3.8, 4) is 0 Å². The molecule has 1 aromatic rings. The first-order valence-corrected chi connectivity index (χ1v) is 5.58. The first kappa shape index (κ1) is 8.69. The molecule has 3 rings (SSSR count). The Labute approximate surface area is 88.7 Å². The van der Waals surface area contributed by atoms with Crippen LogP contribution in [0, 0.1) is 0 Å². The number of nitrogens with one attached hydrogen (secondary N) is 1. The molecule has 0 unspecified atom stereocenters. The summed E-state index contributed by atoms with van der Waals surface area (Å²) in [7, 11) is 0. The van der Waals surface area contributed by atoms with Crippen molar-refractivity contribution in [3.05, 3.63) is 29.0 Å². The third kappa shape index (κ3) is 1.33. The highest BCUT2D eigenvalue weighted by molar-refractivity contribution is 6.29. The first-order chi connectivity index (χ1) is 6.83. The summed E-state index contributed by atoms with van der Waals surface area (Å²) in [6, 6.07) is 5.44. The van der Waals surface area contributed by atoms with Gasteiger partial charge < -0.3 is 5.32 Å². The molecule has 2 aliphatic rings. The molecule has 1 aromatic heterocycles. The number of halogens is 1. The van der Waals surface area contributed by atoms with Gasteiger partial charge in [-0.15, -0.1) is 0 Å². The van der Waals surface area contributed by atoms with E-state index in [1.54, 1.807) is 0 Å². The average Bonchev–Trinajstić information content (AvgIpc) is 2.80. The second-order valence-electron chi connectivity index (χ2n) is 4.30. The van der Waals surface area contributed by atoms with Crippen LogP contribution in [0.2, 0.25) is 5.15 Å². The number of pyridine rings is 1. The number of hydrogen-bond donors (Lipinski definition) is 1. The van der Waals surface area contributed by atoms with Gasteiger partial charge in [0.25, 0.3) is 0 Å². The van der Waals surface area contributed by atoms with Crippen molar-refractivity contribution in [1.29, 1.82) is 0 Å². The number of aromatic nitrogens is 1. The van der Waals surface area contributed by atoms with E-state index in [2.05, 4.69) is 16.4 Å². The monoisotopic (exact) mass is 208 g/mol. The molecule has 3 heterocycles. The summed E-state index contributed by atoms with van der Waals surface area (Å²) >= 11 is 5.77. The maximum Gasteiger partial charge on any atom is 0.129 e.